The topological polar surface area (TPSA) is 45.4 Å². The highest BCUT2D eigenvalue weighted by molar-refractivity contribution is 7.13. The summed E-state index contributed by atoms with van der Waals surface area (Å²) in [5.41, 5.74) is 7.34. The Morgan fingerprint density at radius 2 is 2.05 bits per heavy atom. The highest BCUT2D eigenvalue weighted by Crippen LogP contribution is 2.20. The molecule has 1 saturated heterocycles. The van der Waals surface area contributed by atoms with Gasteiger partial charge in [0.05, 0.1) is 0 Å². The van der Waals surface area contributed by atoms with Crippen LogP contribution in [0.5, 0.6) is 0 Å². The molecule has 1 aliphatic rings. The van der Waals surface area contributed by atoms with E-state index < -0.39 is 0 Å². The van der Waals surface area contributed by atoms with Crippen LogP contribution in [0.3, 0.4) is 0 Å². The van der Waals surface area contributed by atoms with Crippen molar-refractivity contribution in [3.63, 3.8) is 0 Å². The minimum Gasteiger partial charge on any atom is -0.346 e. The molecule has 0 aliphatic carbocycles. The standard InChI is InChI=1S/C15H19FN4S/c16-14-2-1-12(10-17)9-13(14)11-19-4-6-20(7-5-19)15-18-3-8-21-15/h1-3,8-9H,4-7,10-11,17H2. The van der Waals surface area contributed by atoms with E-state index in [1.54, 1.807) is 17.4 Å². The molecule has 0 amide bonds. The van der Waals surface area contributed by atoms with Crippen LogP contribution in [0.4, 0.5) is 9.52 Å². The van der Waals surface area contributed by atoms with Crippen molar-refractivity contribution in [3.8, 4) is 0 Å². The van der Waals surface area contributed by atoms with Gasteiger partial charge in [-0.15, -0.1) is 11.3 Å². The van der Waals surface area contributed by atoms with Gasteiger partial charge in [0.1, 0.15) is 5.82 Å². The number of rotatable bonds is 4. The molecule has 1 fully saturated rings. The minimum atomic E-state index is -0.144. The predicted molar refractivity (Wildman–Crippen MR) is 83.9 cm³/mol. The number of nitrogens with two attached hydrogens (primary N) is 1. The Hall–Kier alpha value is -1.50. The molecule has 0 unspecified atom stereocenters. The molecule has 0 atom stereocenters. The van der Waals surface area contributed by atoms with Crippen LogP contribution in [0, 0.1) is 5.82 Å². The third-order valence-electron chi connectivity index (χ3n) is 3.80. The van der Waals surface area contributed by atoms with Crippen LogP contribution in [0.15, 0.2) is 29.8 Å². The quantitative estimate of drug-likeness (QED) is 0.939. The number of thiazole rings is 1. The van der Waals surface area contributed by atoms with Gasteiger partial charge in [-0.3, -0.25) is 4.90 Å². The molecule has 1 aromatic carbocycles. The van der Waals surface area contributed by atoms with Crippen LogP contribution in [0.2, 0.25) is 0 Å². The van der Waals surface area contributed by atoms with Crippen LogP contribution >= 0.6 is 11.3 Å². The second-order valence-corrected chi connectivity index (χ2v) is 6.08. The molecule has 3 rings (SSSR count). The number of halogens is 1. The van der Waals surface area contributed by atoms with Gasteiger partial charge in [0.2, 0.25) is 0 Å². The van der Waals surface area contributed by atoms with Gasteiger partial charge in [0.25, 0.3) is 0 Å². The largest absolute Gasteiger partial charge is 0.346 e. The number of aromatic nitrogens is 1. The van der Waals surface area contributed by atoms with E-state index >= 15 is 0 Å². The maximum Gasteiger partial charge on any atom is 0.185 e. The lowest BCUT2D eigenvalue weighted by Gasteiger charge is -2.34. The summed E-state index contributed by atoms with van der Waals surface area (Å²) < 4.78 is 13.9. The molecule has 4 nitrogen and oxygen atoms in total. The highest BCUT2D eigenvalue weighted by atomic mass is 32.1. The average Bonchev–Trinajstić information content (AvgIpc) is 3.04. The fourth-order valence-electron chi connectivity index (χ4n) is 2.59. The van der Waals surface area contributed by atoms with Crippen molar-refractivity contribution in [3.05, 3.63) is 46.7 Å². The Balaban J connectivity index is 1.60. The van der Waals surface area contributed by atoms with Gasteiger partial charge in [-0.2, -0.15) is 0 Å². The van der Waals surface area contributed by atoms with Crippen molar-refractivity contribution in [2.45, 2.75) is 13.1 Å². The second kappa shape index (κ2) is 6.51. The normalized spacial score (nSPS) is 16.4. The number of hydrogen-bond acceptors (Lipinski definition) is 5. The molecular formula is C15H19FN4S. The maximum absolute atomic E-state index is 13.9. The van der Waals surface area contributed by atoms with E-state index in [1.807, 2.05) is 17.6 Å². The molecule has 0 saturated carbocycles. The van der Waals surface area contributed by atoms with E-state index in [-0.39, 0.29) is 5.82 Å². The molecule has 2 heterocycles. The van der Waals surface area contributed by atoms with Gasteiger partial charge in [-0.25, -0.2) is 9.37 Å². The van der Waals surface area contributed by atoms with E-state index in [0.29, 0.717) is 13.1 Å². The summed E-state index contributed by atoms with van der Waals surface area (Å²) in [6, 6.07) is 5.14. The highest BCUT2D eigenvalue weighted by Gasteiger charge is 2.19. The fraction of sp³-hybridized carbons (Fsp3) is 0.400. The smallest absolute Gasteiger partial charge is 0.185 e. The molecule has 2 aromatic rings. The summed E-state index contributed by atoms with van der Waals surface area (Å²) in [7, 11) is 0. The van der Waals surface area contributed by atoms with Crippen molar-refractivity contribution < 1.29 is 4.39 Å². The zero-order chi connectivity index (χ0) is 14.7. The zero-order valence-corrected chi connectivity index (χ0v) is 12.7. The Morgan fingerprint density at radius 1 is 1.24 bits per heavy atom. The van der Waals surface area contributed by atoms with Gasteiger partial charge in [-0.05, 0) is 11.6 Å². The molecule has 1 aliphatic heterocycles. The van der Waals surface area contributed by atoms with Crippen molar-refractivity contribution in [1.82, 2.24) is 9.88 Å². The van der Waals surface area contributed by atoms with Crippen LogP contribution < -0.4 is 10.6 Å². The Bertz CT molecular complexity index is 579. The van der Waals surface area contributed by atoms with Crippen molar-refractivity contribution in [1.29, 1.82) is 0 Å². The first kappa shape index (κ1) is 14.4. The maximum atomic E-state index is 13.9. The van der Waals surface area contributed by atoms with Crippen LogP contribution in [-0.2, 0) is 13.1 Å². The second-order valence-electron chi connectivity index (χ2n) is 5.21. The number of piperazine rings is 1. The van der Waals surface area contributed by atoms with Crippen molar-refractivity contribution >= 4 is 16.5 Å². The first-order valence-electron chi connectivity index (χ1n) is 7.10. The summed E-state index contributed by atoms with van der Waals surface area (Å²) in [6.07, 6.45) is 1.83. The third-order valence-corrected chi connectivity index (χ3v) is 4.63. The number of anilines is 1. The first-order valence-corrected chi connectivity index (χ1v) is 7.98. The molecule has 112 valence electrons. The third kappa shape index (κ3) is 3.40. The molecule has 6 heteroatoms. The number of nitrogens with zero attached hydrogens (tertiary/aromatic N) is 3. The lowest BCUT2D eigenvalue weighted by atomic mass is 10.1. The molecule has 21 heavy (non-hydrogen) atoms. The monoisotopic (exact) mass is 306 g/mol. The molecular weight excluding hydrogens is 287 g/mol. The fourth-order valence-corrected chi connectivity index (χ4v) is 3.28. The molecule has 0 bridgehead atoms. The van der Waals surface area contributed by atoms with E-state index in [0.717, 1.165) is 42.4 Å². The van der Waals surface area contributed by atoms with Gasteiger partial charge < -0.3 is 10.6 Å². The van der Waals surface area contributed by atoms with Crippen LogP contribution in [0.25, 0.3) is 0 Å². The molecule has 0 radical (unpaired) electrons. The van der Waals surface area contributed by atoms with E-state index in [9.17, 15) is 4.39 Å². The molecule has 2 N–H and O–H groups in total. The average molecular weight is 306 g/mol. The zero-order valence-electron chi connectivity index (χ0n) is 11.8. The first-order chi connectivity index (χ1) is 10.3. The van der Waals surface area contributed by atoms with Crippen molar-refractivity contribution in [2.75, 3.05) is 31.1 Å². The van der Waals surface area contributed by atoms with E-state index in [2.05, 4.69) is 14.8 Å². The van der Waals surface area contributed by atoms with E-state index in [1.165, 1.54) is 6.07 Å². The summed E-state index contributed by atoms with van der Waals surface area (Å²) >= 11 is 1.66. The van der Waals surface area contributed by atoms with Crippen molar-refractivity contribution in [2.24, 2.45) is 5.73 Å². The van der Waals surface area contributed by atoms with Gasteiger partial charge in [0.15, 0.2) is 5.13 Å². The van der Waals surface area contributed by atoms with Gasteiger partial charge in [-0.1, -0.05) is 12.1 Å². The Labute approximate surface area is 128 Å². The summed E-state index contributed by atoms with van der Waals surface area (Å²) in [6.45, 7) is 4.81. The van der Waals surface area contributed by atoms with E-state index in [4.69, 9.17) is 5.73 Å². The predicted octanol–water partition coefficient (Wildman–Crippen LogP) is 2.06. The lowest BCUT2D eigenvalue weighted by Crippen LogP contribution is -2.46. The summed E-state index contributed by atoms with van der Waals surface area (Å²) in [5, 5.41) is 3.07. The SMILES string of the molecule is NCc1ccc(F)c(CN2CCN(c3nccs3)CC2)c1. The molecule has 0 spiro atoms. The number of benzene rings is 1. The Morgan fingerprint density at radius 3 is 2.71 bits per heavy atom. The van der Waals surface area contributed by atoms with Crippen LogP contribution in [0.1, 0.15) is 11.1 Å². The molecule has 1 aromatic heterocycles. The Kier molecular flexibility index (Phi) is 4.48. The number of hydrogen-bond donors (Lipinski definition) is 1. The van der Waals surface area contributed by atoms with Crippen LogP contribution in [-0.4, -0.2) is 36.1 Å². The van der Waals surface area contributed by atoms with Gasteiger partial charge in [0, 0.05) is 56.4 Å². The summed E-state index contributed by atoms with van der Waals surface area (Å²) in [4.78, 5) is 8.90. The lowest BCUT2D eigenvalue weighted by molar-refractivity contribution is 0.246. The minimum absolute atomic E-state index is 0.144. The summed E-state index contributed by atoms with van der Waals surface area (Å²) in [5.74, 6) is -0.144. The van der Waals surface area contributed by atoms with Gasteiger partial charge >= 0.3 is 0 Å².